The van der Waals surface area contributed by atoms with Crippen LogP contribution in [0.25, 0.3) is 0 Å². The number of nitrogens with zero attached hydrogens (tertiary/aromatic N) is 3. The summed E-state index contributed by atoms with van der Waals surface area (Å²) >= 11 is 0. The van der Waals surface area contributed by atoms with Gasteiger partial charge < -0.3 is 14.4 Å². The molecule has 2 aromatic carbocycles. The molecule has 0 amide bonds. The SMILES string of the molecule is Cc1cccc(C=NNc2cc(N3CCOCC3)cc(OCCc3c[c]ccc3)n2)c1. The first-order valence-electron chi connectivity index (χ1n) is 10.5. The number of benzene rings is 2. The van der Waals surface area contributed by atoms with Crippen LogP contribution in [0.4, 0.5) is 11.5 Å². The maximum absolute atomic E-state index is 5.99. The van der Waals surface area contributed by atoms with Gasteiger partial charge in [-0.15, -0.1) is 0 Å². The van der Waals surface area contributed by atoms with E-state index in [1.807, 2.05) is 42.5 Å². The van der Waals surface area contributed by atoms with Gasteiger partial charge in [0.2, 0.25) is 5.88 Å². The van der Waals surface area contributed by atoms with Gasteiger partial charge in [0, 0.05) is 37.3 Å². The topological polar surface area (TPSA) is 59.0 Å². The van der Waals surface area contributed by atoms with Gasteiger partial charge in [-0.3, -0.25) is 5.43 Å². The summed E-state index contributed by atoms with van der Waals surface area (Å²) in [5.41, 5.74) is 7.53. The third-order valence-electron chi connectivity index (χ3n) is 5.01. The largest absolute Gasteiger partial charge is 0.477 e. The summed E-state index contributed by atoms with van der Waals surface area (Å²) < 4.78 is 11.5. The van der Waals surface area contributed by atoms with E-state index in [0.717, 1.165) is 44.0 Å². The number of aryl methyl sites for hydroxylation is 1. The van der Waals surface area contributed by atoms with Crippen LogP contribution in [-0.4, -0.2) is 44.1 Å². The predicted molar refractivity (Wildman–Crippen MR) is 124 cm³/mol. The van der Waals surface area contributed by atoms with Gasteiger partial charge in [0.05, 0.1) is 26.0 Å². The first-order valence-corrected chi connectivity index (χ1v) is 10.5. The van der Waals surface area contributed by atoms with Crippen LogP contribution >= 0.6 is 0 Å². The summed E-state index contributed by atoms with van der Waals surface area (Å²) in [6.45, 7) is 5.73. The van der Waals surface area contributed by atoms with Gasteiger partial charge >= 0.3 is 0 Å². The highest BCUT2D eigenvalue weighted by Gasteiger charge is 2.14. The number of rotatable bonds is 8. The number of hydrazone groups is 1. The molecule has 31 heavy (non-hydrogen) atoms. The fraction of sp³-hybridized carbons (Fsp3) is 0.280. The molecule has 0 bridgehead atoms. The van der Waals surface area contributed by atoms with Crippen LogP contribution in [0.2, 0.25) is 0 Å². The van der Waals surface area contributed by atoms with Crippen molar-refractivity contribution in [3.8, 4) is 5.88 Å². The standard InChI is InChI=1S/C25H27N4O2/c1-20-6-5-9-22(16-20)19-26-28-24-17-23(29-11-14-30-15-12-29)18-25(27-24)31-13-10-21-7-3-2-4-8-21/h2-3,5-9,16-19H,10-15H2,1H3,(H,27,28). The average Bonchev–Trinajstić information content (AvgIpc) is 2.80. The molecule has 1 fully saturated rings. The van der Waals surface area contributed by atoms with Crippen molar-refractivity contribution < 1.29 is 9.47 Å². The van der Waals surface area contributed by atoms with Crippen molar-refractivity contribution in [1.29, 1.82) is 0 Å². The van der Waals surface area contributed by atoms with E-state index in [1.165, 1.54) is 11.1 Å². The van der Waals surface area contributed by atoms with Crippen LogP contribution in [0.15, 0.2) is 65.8 Å². The normalized spacial score (nSPS) is 14.0. The predicted octanol–water partition coefficient (Wildman–Crippen LogP) is 4.09. The van der Waals surface area contributed by atoms with E-state index in [2.05, 4.69) is 51.6 Å². The molecule has 159 valence electrons. The lowest BCUT2D eigenvalue weighted by Crippen LogP contribution is -2.36. The number of ether oxygens (including phenoxy) is 2. The Morgan fingerprint density at radius 3 is 2.90 bits per heavy atom. The number of aromatic nitrogens is 1. The third kappa shape index (κ3) is 6.30. The Labute approximate surface area is 183 Å². The van der Waals surface area contributed by atoms with Crippen LogP contribution in [0, 0.1) is 13.0 Å². The number of nitrogens with one attached hydrogen (secondary N) is 1. The highest BCUT2D eigenvalue weighted by Crippen LogP contribution is 2.25. The number of pyridine rings is 1. The quantitative estimate of drug-likeness (QED) is 0.444. The van der Waals surface area contributed by atoms with E-state index in [1.54, 1.807) is 6.21 Å². The third-order valence-corrected chi connectivity index (χ3v) is 5.01. The molecule has 0 atom stereocenters. The molecule has 1 aliphatic heterocycles. The molecule has 1 aromatic heterocycles. The second kappa shape index (κ2) is 10.6. The fourth-order valence-corrected chi connectivity index (χ4v) is 3.41. The number of hydrogen-bond donors (Lipinski definition) is 1. The van der Waals surface area contributed by atoms with E-state index in [-0.39, 0.29) is 0 Å². The summed E-state index contributed by atoms with van der Waals surface area (Å²) in [6, 6.07) is 23.2. The Balaban J connectivity index is 1.46. The molecule has 4 rings (SSSR count). The Morgan fingerprint density at radius 2 is 2.10 bits per heavy atom. The van der Waals surface area contributed by atoms with Crippen LogP contribution in [0.3, 0.4) is 0 Å². The van der Waals surface area contributed by atoms with Gasteiger partial charge in [-0.05, 0) is 24.1 Å². The van der Waals surface area contributed by atoms with E-state index >= 15 is 0 Å². The smallest absolute Gasteiger partial charge is 0.217 e. The first kappa shape index (κ1) is 20.9. The molecule has 0 aliphatic carbocycles. The summed E-state index contributed by atoms with van der Waals surface area (Å²) in [5.74, 6) is 1.23. The van der Waals surface area contributed by atoms with Crippen molar-refractivity contribution in [3.05, 3.63) is 83.4 Å². The van der Waals surface area contributed by atoms with E-state index in [0.29, 0.717) is 18.3 Å². The first-order chi connectivity index (χ1) is 15.3. The van der Waals surface area contributed by atoms with Gasteiger partial charge in [-0.2, -0.15) is 10.1 Å². The zero-order chi connectivity index (χ0) is 21.3. The van der Waals surface area contributed by atoms with Crippen molar-refractivity contribution in [2.45, 2.75) is 13.3 Å². The minimum absolute atomic E-state index is 0.545. The number of hydrogen-bond acceptors (Lipinski definition) is 6. The van der Waals surface area contributed by atoms with E-state index < -0.39 is 0 Å². The Kier molecular flexibility index (Phi) is 7.13. The average molecular weight is 416 g/mol. The number of anilines is 2. The molecular formula is C25H27N4O2. The molecule has 6 nitrogen and oxygen atoms in total. The van der Waals surface area contributed by atoms with Crippen molar-refractivity contribution >= 4 is 17.7 Å². The molecular weight excluding hydrogens is 388 g/mol. The summed E-state index contributed by atoms with van der Waals surface area (Å²) in [5, 5.41) is 4.37. The van der Waals surface area contributed by atoms with E-state index in [9.17, 15) is 0 Å². The molecule has 3 aromatic rings. The zero-order valence-corrected chi connectivity index (χ0v) is 17.8. The summed E-state index contributed by atoms with van der Waals surface area (Å²) in [7, 11) is 0. The molecule has 0 saturated carbocycles. The molecule has 2 heterocycles. The van der Waals surface area contributed by atoms with Crippen LogP contribution < -0.4 is 15.1 Å². The highest BCUT2D eigenvalue weighted by atomic mass is 16.5. The zero-order valence-electron chi connectivity index (χ0n) is 17.8. The fourth-order valence-electron chi connectivity index (χ4n) is 3.41. The Bertz CT molecular complexity index is 1000. The van der Waals surface area contributed by atoms with Crippen LogP contribution in [-0.2, 0) is 11.2 Å². The monoisotopic (exact) mass is 415 g/mol. The van der Waals surface area contributed by atoms with E-state index in [4.69, 9.17) is 9.47 Å². The van der Waals surface area contributed by atoms with Gasteiger partial charge in [0.15, 0.2) is 5.82 Å². The molecule has 0 spiro atoms. The molecule has 1 radical (unpaired) electrons. The van der Waals surface area contributed by atoms with Crippen molar-refractivity contribution in [1.82, 2.24) is 4.98 Å². The molecule has 0 unspecified atom stereocenters. The van der Waals surface area contributed by atoms with Gasteiger partial charge in [0.1, 0.15) is 0 Å². The summed E-state index contributed by atoms with van der Waals surface area (Å²) in [4.78, 5) is 6.87. The Morgan fingerprint density at radius 1 is 1.19 bits per heavy atom. The lowest BCUT2D eigenvalue weighted by Gasteiger charge is -2.29. The van der Waals surface area contributed by atoms with Crippen LogP contribution in [0.1, 0.15) is 16.7 Å². The lowest BCUT2D eigenvalue weighted by molar-refractivity contribution is 0.122. The summed E-state index contributed by atoms with van der Waals surface area (Å²) in [6.07, 6.45) is 2.59. The molecule has 1 aliphatic rings. The highest BCUT2D eigenvalue weighted by molar-refractivity contribution is 5.80. The van der Waals surface area contributed by atoms with Crippen LogP contribution in [0.5, 0.6) is 5.88 Å². The second-order valence-corrected chi connectivity index (χ2v) is 7.44. The molecule has 1 N–H and O–H groups in total. The van der Waals surface area contributed by atoms with Gasteiger partial charge in [-0.25, -0.2) is 0 Å². The Hall–Kier alpha value is -3.38. The minimum atomic E-state index is 0.545. The molecule has 1 saturated heterocycles. The molecule has 6 heteroatoms. The van der Waals surface area contributed by atoms with Gasteiger partial charge in [0.25, 0.3) is 0 Å². The maximum Gasteiger partial charge on any atom is 0.217 e. The van der Waals surface area contributed by atoms with Crippen molar-refractivity contribution in [2.24, 2.45) is 5.10 Å². The van der Waals surface area contributed by atoms with Crippen molar-refractivity contribution in [2.75, 3.05) is 43.2 Å². The number of morpholine rings is 1. The van der Waals surface area contributed by atoms with Crippen molar-refractivity contribution in [3.63, 3.8) is 0 Å². The second-order valence-electron chi connectivity index (χ2n) is 7.44. The lowest BCUT2D eigenvalue weighted by atomic mass is 10.2. The maximum atomic E-state index is 5.99. The minimum Gasteiger partial charge on any atom is -0.477 e. The van der Waals surface area contributed by atoms with Gasteiger partial charge in [-0.1, -0.05) is 54.1 Å².